The number of aryl methyl sites for hydroxylation is 3. The molecular weight excluding hydrogens is 296 g/mol. The van der Waals surface area contributed by atoms with Crippen LogP contribution in [0.4, 0.5) is 5.69 Å². The average molecular weight is 319 g/mol. The Balaban J connectivity index is 0.00000242. The molecule has 0 aliphatic heterocycles. The number of nitrogen functional groups attached to an aromatic ring is 1. The van der Waals surface area contributed by atoms with E-state index >= 15 is 0 Å². The molecule has 0 saturated carbocycles. The quantitative estimate of drug-likeness (QED) is 0.828. The highest BCUT2D eigenvalue weighted by Crippen LogP contribution is 2.13. The third-order valence-electron chi connectivity index (χ3n) is 3.65. The molecule has 2 aromatic rings. The van der Waals surface area contributed by atoms with E-state index in [1.165, 1.54) is 11.1 Å². The summed E-state index contributed by atoms with van der Waals surface area (Å²) in [6.07, 6.45) is 1.13. The molecule has 3 N–H and O–H groups in total. The van der Waals surface area contributed by atoms with E-state index in [2.05, 4.69) is 37.4 Å². The van der Waals surface area contributed by atoms with Crippen LogP contribution >= 0.6 is 12.4 Å². The van der Waals surface area contributed by atoms with Gasteiger partial charge in [0.25, 0.3) is 0 Å². The van der Waals surface area contributed by atoms with Gasteiger partial charge < -0.3 is 11.1 Å². The van der Waals surface area contributed by atoms with Crippen molar-refractivity contribution in [1.29, 1.82) is 0 Å². The summed E-state index contributed by atoms with van der Waals surface area (Å²) in [7, 11) is 0. The highest BCUT2D eigenvalue weighted by Gasteiger charge is 2.05. The smallest absolute Gasteiger partial charge is 0.220 e. The second kappa shape index (κ2) is 8.44. The van der Waals surface area contributed by atoms with E-state index in [4.69, 9.17) is 5.73 Å². The summed E-state index contributed by atoms with van der Waals surface area (Å²) >= 11 is 0. The van der Waals surface area contributed by atoms with Crippen LogP contribution < -0.4 is 11.1 Å². The maximum Gasteiger partial charge on any atom is 0.220 e. The molecule has 4 heteroatoms. The molecule has 0 aliphatic carbocycles. The van der Waals surface area contributed by atoms with E-state index < -0.39 is 0 Å². The molecule has 22 heavy (non-hydrogen) atoms. The number of nitrogens with two attached hydrogens (primary N) is 1. The normalized spacial score (nSPS) is 9.91. The first-order valence-electron chi connectivity index (χ1n) is 7.22. The van der Waals surface area contributed by atoms with Crippen molar-refractivity contribution in [2.45, 2.75) is 33.2 Å². The minimum atomic E-state index is 0. The zero-order chi connectivity index (χ0) is 15.2. The number of anilines is 1. The number of carbonyl (C=O) groups is 1. The second-order valence-electron chi connectivity index (χ2n) is 5.41. The van der Waals surface area contributed by atoms with E-state index in [9.17, 15) is 4.79 Å². The Hall–Kier alpha value is -2.00. The number of para-hydroxylation sites is 1. The van der Waals surface area contributed by atoms with Gasteiger partial charge in [-0.2, -0.15) is 0 Å². The van der Waals surface area contributed by atoms with Crippen LogP contribution in [0.2, 0.25) is 0 Å². The van der Waals surface area contributed by atoms with Crippen LogP contribution in [0.5, 0.6) is 0 Å². The lowest BCUT2D eigenvalue weighted by Gasteiger charge is -2.09. The predicted molar refractivity (Wildman–Crippen MR) is 94.2 cm³/mol. The van der Waals surface area contributed by atoms with Crippen LogP contribution in [0.1, 0.15) is 28.7 Å². The first kappa shape index (κ1) is 18.1. The van der Waals surface area contributed by atoms with Crippen LogP contribution in [0.3, 0.4) is 0 Å². The van der Waals surface area contributed by atoms with Crippen molar-refractivity contribution in [2.24, 2.45) is 0 Å². The highest BCUT2D eigenvalue weighted by molar-refractivity contribution is 5.85. The molecule has 2 aromatic carbocycles. The largest absolute Gasteiger partial charge is 0.399 e. The SMILES string of the molecule is Cc1ccc(CNC(=O)CCc2ccccc2N)c(C)c1.Cl. The lowest BCUT2D eigenvalue weighted by Crippen LogP contribution is -2.23. The van der Waals surface area contributed by atoms with Gasteiger partial charge in [0.2, 0.25) is 5.91 Å². The first-order valence-corrected chi connectivity index (χ1v) is 7.22. The van der Waals surface area contributed by atoms with Crippen LogP contribution in [0.15, 0.2) is 42.5 Å². The minimum absolute atomic E-state index is 0. The van der Waals surface area contributed by atoms with Gasteiger partial charge in [-0.3, -0.25) is 4.79 Å². The summed E-state index contributed by atoms with van der Waals surface area (Å²) in [5.41, 5.74) is 11.3. The number of hydrogen-bond acceptors (Lipinski definition) is 2. The third-order valence-corrected chi connectivity index (χ3v) is 3.65. The molecule has 0 atom stereocenters. The number of rotatable bonds is 5. The summed E-state index contributed by atoms with van der Waals surface area (Å²) in [5.74, 6) is 0.0539. The molecule has 2 rings (SSSR count). The molecule has 0 heterocycles. The fourth-order valence-corrected chi connectivity index (χ4v) is 2.34. The number of carbonyl (C=O) groups excluding carboxylic acids is 1. The molecular formula is C18H23ClN2O. The van der Waals surface area contributed by atoms with Gasteiger partial charge >= 0.3 is 0 Å². The maximum absolute atomic E-state index is 11.9. The zero-order valence-electron chi connectivity index (χ0n) is 13.1. The average Bonchev–Trinajstić information content (AvgIpc) is 2.45. The van der Waals surface area contributed by atoms with Gasteiger partial charge in [-0.1, -0.05) is 42.0 Å². The maximum atomic E-state index is 11.9. The molecule has 0 fully saturated rings. The van der Waals surface area contributed by atoms with Gasteiger partial charge in [0.15, 0.2) is 0 Å². The molecule has 0 spiro atoms. The summed E-state index contributed by atoms with van der Waals surface area (Å²) < 4.78 is 0. The number of amides is 1. The molecule has 0 bridgehead atoms. The van der Waals surface area contributed by atoms with Crippen molar-refractivity contribution in [3.8, 4) is 0 Å². The van der Waals surface area contributed by atoms with Gasteiger partial charge in [-0.05, 0) is 43.0 Å². The summed E-state index contributed by atoms with van der Waals surface area (Å²) in [4.78, 5) is 11.9. The second-order valence-corrected chi connectivity index (χ2v) is 5.41. The zero-order valence-corrected chi connectivity index (χ0v) is 13.9. The summed E-state index contributed by atoms with van der Waals surface area (Å²) in [6.45, 7) is 4.72. The topological polar surface area (TPSA) is 55.1 Å². The van der Waals surface area contributed by atoms with E-state index in [1.807, 2.05) is 24.3 Å². The van der Waals surface area contributed by atoms with Gasteiger partial charge in [-0.15, -0.1) is 12.4 Å². The number of benzene rings is 2. The fraction of sp³-hybridized carbons (Fsp3) is 0.278. The Morgan fingerprint density at radius 1 is 1.09 bits per heavy atom. The predicted octanol–water partition coefficient (Wildman–Crippen LogP) is 3.56. The Morgan fingerprint density at radius 2 is 1.82 bits per heavy atom. The van der Waals surface area contributed by atoms with Gasteiger partial charge in [0, 0.05) is 18.7 Å². The van der Waals surface area contributed by atoms with E-state index in [1.54, 1.807) is 0 Å². The van der Waals surface area contributed by atoms with Crippen molar-refractivity contribution < 1.29 is 4.79 Å². The molecule has 0 radical (unpaired) electrons. The Morgan fingerprint density at radius 3 is 2.50 bits per heavy atom. The summed E-state index contributed by atoms with van der Waals surface area (Å²) in [5, 5.41) is 2.97. The lowest BCUT2D eigenvalue weighted by atomic mass is 10.1. The van der Waals surface area contributed by atoms with Gasteiger partial charge in [-0.25, -0.2) is 0 Å². The third kappa shape index (κ3) is 5.08. The molecule has 1 amide bonds. The van der Waals surface area contributed by atoms with Crippen LogP contribution in [0, 0.1) is 13.8 Å². The van der Waals surface area contributed by atoms with E-state index in [0.29, 0.717) is 19.4 Å². The number of nitrogens with one attached hydrogen (secondary N) is 1. The number of halogens is 1. The van der Waals surface area contributed by atoms with Crippen LogP contribution in [-0.4, -0.2) is 5.91 Å². The van der Waals surface area contributed by atoms with Crippen LogP contribution in [0.25, 0.3) is 0 Å². The fourth-order valence-electron chi connectivity index (χ4n) is 2.34. The highest BCUT2D eigenvalue weighted by atomic mass is 35.5. The Kier molecular flexibility index (Phi) is 6.93. The number of hydrogen-bond donors (Lipinski definition) is 2. The molecule has 0 aliphatic rings. The standard InChI is InChI=1S/C18H22N2O.ClH/c1-13-7-8-16(14(2)11-13)12-20-18(21)10-9-15-5-3-4-6-17(15)19;/h3-8,11H,9-10,12,19H2,1-2H3,(H,20,21);1H. The first-order chi connectivity index (χ1) is 10.1. The summed E-state index contributed by atoms with van der Waals surface area (Å²) in [6, 6.07) is 13.9. The molecule has 0 unspecified atom stereocenters. The van der Waals surface area contributed by atoms with Gasteiger partial charge in [0.05, 0.1) is 0 Å². The molecule has 0 aromatic heterocycles. The van der Waals surface area contributed by atoms with Crippen LogP contribution in [-0.2, 0) is 17.8 Å². The lowest BCUT2D eigenvalue weighted by molar-refractivity contribution is -0.121. The van der Waals surface area contributed by atoms with Gasteiger partial charge in [0.1, 0.15) is 0 Å². The van der Waals surface area contributed by atoms with Crippen molar-refractivity contribution in [3.05, 3.63) is 64.7 Å². The minimum Gasteiger partial charge on any atom is -0.399 e. The van der Waals surface area contributed by atoms with Crippen molar-refractivity contribution >= 4 is 24.0 Å². The van der Waals surface area contributed by atoms with Crippen molar-refractivity contribution in [1.82, 2.24) is 5.32 Å². The molecule has 118 valence electrons. The molecule has 3 nitrogen and oxygen atoms in total. The Labute approximate surface area is 138 Å². The monoisotopic (exact) mass is 318 g/mol. The van der Waals surface area contributed by atoms with Crippen molar-refractivity contribution in [2.75, 3.05) is 5.73 Å². The van der Waals surface area contributed by atoms with E-state index in [-0.39, 0.29) is 18.3 Å². The Bertz CT molecular complexity index is 641. The molecule has 0 saturated heterocycles. The van der Waals surface area contributed by atoms with E-state index in [0.717, 1.165) is 16.8 Å². The van der Waals surface area contributed by atoms with Crippen molar-refractivity contribution in [3.63, 3.8) is 0 Å².